The number of H-pyrrole nitrogens is 1. The maximum absolute atomic E-state index is 12.7. The summed E-state index contributed by atoms with van der Waals surface area (Å²) in [5, 5.41) is 6.01. The molecule has 0 aliphatic rings. The average Bonchev–Trinajstić information content (AvgIpc) is 2.87. The van der Waals surface area contributed by atoms with E-state index >= 15 is 0 Å². The number of nitrogens with two attached hydrogens (primary N) is 1. The highest BCUT2D eigenvalue weighted by atomic mass is 32.2. The van der Waals surface area contributed by atoms with Gasteiger partial charge in [0.2, 0.25) is 0 Å². The van der Waals surface area contributed by atoms with E-state index in [1.165, 1.54) is 30.5 Å². The van der Waals surface area contributed by atoms with Crippen LogP contribution >= 0.6 is 0 Å². The van der Waals surface area contributed by atoms with Crippen molar-refractivity contribution in [1.29, 1.82) is 0 Å². The molecule has 1 aromatic carbocycles. The number of benzene rings is 1. The van der Waals surface area contributed by atoms with E-state index < -0.39 is 10.0 Å². The molecule has 19 heavy (non-hydrogen) atoms. The number of nitrogens with one attached hydrogen (secondary N) is 2. The van der Waals surface area contributed by atoms with Crippen molar-refractivity contribution in [3.05, 3.63) is 47.4 Å². The van der Waals surface area contributed by atoms with E-state index in [2.05, 4.69) is 14.9 Å². The van der Waals surface area contributed by atoms with Crippen molar-refractivity contribution in [2.24, 2.45) is 5.73 Å². The first kappa shape index (κ1) is 13.7. The molecule has 0 unspecified atom stereocenters. The second-order valence-corrected chi connectivity index (χ2v) is 5.58. The lowest BCUT2D eigenvalue weighted by molar-refractivity contribution is 0.575. The van der Waals surface area contributed by atoms with Crippen LogP contribution in [0.25, 0.3) is 0 Å². The van der Waals surface area contributed by atoms with E-state index in [9.17, 15) is 12.8 Å². The number of aromatic amines is 1. The first-order valence-electron chi connectivity index (χ1n) is 5.49. The molecule has 0 spiro atoms. The molecule has 0 atom stereocenters. The lowest BCUT2D eigenvalue weighted by Crippen LogP contribution is -2.25. The zero-order valence-corrected chi connectivity index (χ0v) is 10.7. The summed E-state index contributed by atoms with van der Waals surface area (Å²) in [6.07, 6.45) is 1.37. The fraction of sp³-hybridized carbons (Fsp3) is 0.182. The van der Waals surface area contributed by atoms with Crippen molar-refractivity contribution < 1.29 is 12.8 Å². The smallest absolute Gasteiger partial charge is 0.258 e. The van der Waals surface area contributed by atoms with Gasteiger partial charge < -0.3 is 5.73 Å². The van der Waals surface area contributed by atoms with Crippen LogP contribution in [-0.4, -0.2) is 18.6 Å². The molecular formula is C11H13FN4O2S. The molecular weight excluding hydrogens is 271 g/mol. The molecule has 1 aromatic heterocycles. The molecule has 2 rings (SSSR count). The van der Waals surface area contributed by atoms with E-state index in [0.717, 1.165) is 0 Å². The number of sulfonamides is 1. The fourth-order valence-electron chi connectivity index (χ4n) is 1.53. The molecule has 0 saturated heterocycles. The minimum absolute atomic E-state index is 0.0443. The summed E-state index contributed by atoms with van der Waals surface area (Å²) in [6, 6.07) is 5.56. The van der Waals surface area contributed by atoms with E-state index in [-0.39, 0.29) is 23.9 Å². The quantitative estimate of drug-likeness (QED) is 0.743. The maximum Gasteiger partial charge on any atom is 0.258 e. The average molecular weight is 284 g/mol. The van der Waals surface area contributed by atoms with Crippen LogP contribution in [0.2, 0.25) is 0 Å². The van der Waals surface area contributed by atoms with Gasteiger partial charge in [0, 0.05) is 18.7 Å². The lowest BCUT2D eigenvalue weighted by Gasteiger charge is -2.06. The number of aromatic nitrogens is 2. The number of nitrogens with zero attached hydrogens (tertiary/aromatic N) is 1. The number of hydrogen-bond acceptors (Lipinski definition) is 4. The van der Waals surface area contributed by atoms with E-state index in [1.54, 1.807) is 0 Å². The van der Waals surface area contributed by atoms with Crippen molar-refractivity contribution in [1.82, 2.24) is 14.9 Å². The van der Waals surface area contributed by atoms with Gasteiger partial charge in [-0.25, -0.2) is 17.5 Å². The summed E-state index contributed by atoms with van der Waals surface area (Å²) in [4.78, 5) is 0. The summed E-state index contributed by atoms with van der Waals surface area (Å²) < 4.78 is 39.1. The van der Waals surface area contributed by atoms with Gasteiger partial charge in [0.1, 0.15) is 5.82 Å². The van der Waals surface area contributed by atoms with Crippen molar-refractivity contribution in [3.8, 4) is 0 Å². The van der Waals surface area contributed by atoms with Gasteiger partial charge in [0.05, 0.1) is 6.20 Å². The first-order valence-corrected chi connectivity index (χ1v) is 6.97. The van der Waals surface area contributed by atoms with Gasteiger partial charge in [-0.15, -0.1) is 0 Å². The molecule has 2 aromatic rings. The molecule has 0 aliphatic carbocycles. The molecule has 0 fully saturated rings. The first-order chi connectivity index (χ1) is 9.03. The van der Waals surface area contributed by atoms with Crippen LogP contribution in [0.15, 0.2) is 35.5 Å². The second kappa shape index (κ2) is 5.47. The Morgan fingerprint density at radius 3 is 2.63 bits per heavy atom. The van der Waals surface area contributed by atoms with Gasteiger partial charge >= 0.3 is 0 Å². The van der Waals surface area contributed by atoms with Gasteiger partial charge in [-0.3, -0.25) is 5.10 Å². The third kappa shape index (κ3) is 3.16. The Balaban J connectivity index is 2.12. The molecule has 4 N–H and O–H groups in total. The van der Waals surface area contributed by atoms with Gasteiger partial charge in [0.15, 0.2) is 5.03 Å². The van der Waals surface area contributed by atoms with Crippen LogP contribution in [0.3, 0.4) is 0 Å². The zero-order chi connectivity index (χ0) is 13.9. The number of hydrogen-bond donors (Lipinski definition) is 3. The van der Waals surface area contributed by atoms with Crippen LogP contribution in [-0.2, 0) is 23.1 Å². The van der Waals surface area contributed by atoms with E-state index in [0.29, 0.717) is 11.1 Å². The molecule has 6 nitrogen and oxygen atoms in total. The molecule has 0 amide bonds. The van der Waals surface area contributed by atoms with Gasteiger partial charge in [0.25, 0.3) is 10.0 Å². The van der Waals surface area contributed by atoms with Crippen molar-refractivity contribution >= 4 is 10.0 Å². The third-order valence-corrected chi connectivity index (χ3v) is 3.96. The van der Waals surface area contributed by atoms with Gasteiger partial charge in [-0.2, -0.15) is 5.10 Å². The molecule has 8 heteroatoms. The Hall–Kier alpha value is -1.77. The predicted octanol–water partition coefficient (Wildman–Crippen LogP) is 0.486. The van der Waals surface area contributed by atoms with Gasteiger partial charge in [-0.05, 0) is 17.7 Å². The topological polar surface area (TPSA) is 101 Å². The van der Waals surface area contributed by atoms with Gasteiger partial charge in [-0.1, -0.05) is 12.1 Å². The summed E-state index contributed by atoms with van der Waals surface area (Å²) in [7, 11) is -3.71. The zero-order valence-electron chi connectivity index (χ0n) is 9.93. The summed E-state index contributed by atoms with van der Waals surface area (Å²) in [6.45, 7) is 0.134. The molecule has 0 aliphatic heterocycles. The van der Waals surface area contributed by atoms with Crippen LogP contribution in [0, 0.1) is 5.82 Å². The third-order valence-electron chi connectivity index (χ3n) is 2.55. The second-order valence-electron chi connectivity index (χ2n) is 3.88. The summed E-state index contributed by atoms with van der Waals surface area (Å²) in [5.41, 5.74) is 6.48. The molecule has 0 saturated carbocycles. The Morgan fingerprint density at radius 2 is 2.00 bits per heavy atom. The van der Waals surface area contributed by atoms with Crippen LogP contribution in [0.5, 0.6) is 0 Å². The summed E-state index contributed by atoms with van der Waals surface area (Å²) in [5.74, 6) is -0.370. The van der Waals surface area contributed by atoms with E-state index in [1.807, 2.05) is 0 Å². The number of rotatable bonds is 5. The Bertz CT molecular complexity index is 652. The van der Waals surface area contributed by atoms with Crippen LogP contribution < -0.4 is 10.5 Å². The SMILES string of the molecule is NCc1cn[nH]c1S(=O)(=O)NCc1ccc(F)cc1. The highest BCUT2D eigenvalue weighted by Gasteiger charge is 2.19. The molecule has 102 valence electrons. The normalized spacial score (nSPS) is 11.7. The lowest BCUT2D eigenvalue weighted by atomic mass is 10.2. The van der Waals surface area contributed by atoms with Crippen molar-refractivity contribution in [2.45, 2.75) is 18.1 Å². The highest BCUT2D eigenvalue weighted by Crippen LogP contribution is 2.11. The molecule has 0 radical (unpaired) electrons. The van der Waals surface area contributed by atoms with Crippen LogP contribution in [0.1, 0.15) is 11.1 Å². The fourth-order valence-corrected chi connectivity index (χ4v) is 2.69. The predicted molar refractivity (Wildman–Crippen MR) is 66.9 cm³/mol. The molecule has 0 bridgehead atoms. The monoisotopic (exact) mass is 284 g/mol. The van der Waals surface area contributed by atoms with Crippen molar-refractivity contribution in [2.75, 3.05) is 0 Å². The van der Waals surface area contributed by atoms with E-state index in [4.69, 9.17) is 5.73 Å². The standard InChI is InChI=1S/C11H13FN4O2S/c12-10-3-1-8(2-4-10)6-15-19(17,18)11-9(5-13)7-14-16-11/h1-4,7,15H,5-6,13H2,(H,14,16). The molecule has 1 heterocycles. The van der Waals surface area contributed by atoms with Crippen molar-refractivity contribution in [3.63, 3.8) is 0 Å². The largest absolute Gasteiger partial charge is 0.326 e. The number of halogens is 1. The Morgan fingerprint density at radius 1 is 1.32 bits per heavy atom. The highest BCUT2D eigenvalue weighted by molar-refractivity contribution is 7.89. The minimum Gasteiger partial charge on any atom is -0.326 e. The summed E-state index contributed by atoms with van der Waals surface area (Å²) >= 11 is 0. The minimum atomic E-state index is -3.71. The van der Waals surface area contributed by atoms with Crippen LogP contribution in [0.4, 0.5) is 4.39 Å². The Kier molecular flexibility index (Phi) is 3.93. The maximum atomic E-state index is 12.7. The Labute approximate surface area is 109 Å².